The summed E-state index contributed by atoms with van der Waals surface area (Å²) in [6, 6.07) is 36.9. The molecule has 3 aliphatic rings. The zero-order valence-electron chi connectivity index (χ0n) is 23.4. The van der Waals surface area contributed by atoms with E-state index in [0.717, 1.165) is 22.6 Å². The summed E-state index contributed by atoms with van der Waals surface area (Å²) >= 11 is 0. The summed E-state index contributed by atoms with van der Waals surface area (Å²) in [5.41, 5.74) is 15.4. The highest BCUT2D eigenvalue weighted by molar-refractivity contribution is 6.08. The molecule has 2 N–H and O–H groups in total. The summed E-state index contributed by atoms with van der Waals surface area (Å²) in [7, 11) is 0. The van der Waals surface area contributed by atoms with E-state index in [1.54, 1.807) is 0 Å². The van der Waals surface area contributed by atoms with Gasteiger partial charge in [-0.15, -0.1) is 0 Å². The van der Waals surface area contributed by atoms with Crippen LogP contribution in [0.25, 0.3) is 28.0 Å². The molecule has 0 aromatic heterocycles. The zero-order valence-corrected chi connectivity index (χ0v) is 23.4. The Labute approximate surface area is 242 Å². The molecule has 5 aromatic rings. The Morgan fingerprint density at radius 1 is 0.610 bits per heavy atom. The molecule has 2 aliphatic carbocycles. The van der Waals surface area contributed by atoms with Gasteiger partial charge in [-0.05, 0) is 58.7 Å². The Hall–Kier alpha value is -4.30. The van der Waals surface area contributed by atoms with Gasteiger partial charge in [-0.2, -0.15) is 0 Å². The summed E-state index contributed by atoms with van der Waals surface area (Å²) in [6.07, 6.45) is 13.6. The van der Waals surface area contributed by atoms with E-state index in [2.05, 4.69) is 103 Å². The third-order valence-corrected chi connectivity index (χ3v) is 9.89. The van der Waals surface area contributed by atoms with E-state index in [-0.39, 0.29) is 5.41 Å². The number of hydrogen-bond donors (Lipinski definition) is 1. The van der Waals surface area contributed by atoms with E-state index in [0.29, 0.717) is 0 Å². The van der Waals surface area contributed by atoms with Crippen LogP contribution in [-0.2, 0) is 11.0 Å². The molecule has 202 valence electrons. The van der Waals surface area contributed by atoms with Crippen molar-refractivity contribution >= 4 is 22.5 Å². The predicted molar refractivity (Wildman–Crippen MR) is 170 cm³/mol. The number of ether oxygens (including phenoxy) is 1. The third-order valence-electron chi connectivity index (χ3n) is 9.89. The van der Waals surface area contributed by atoms with Crippen molar-refractivity contribution in [3.05, 3.63) is 137 Å². The summed E-state index contributed by atoms with van der Waals surface area (Å²) in [4.78, 5) is 0. The van der Waals surface area contributed by atoms with Crippen molar-refractivity contribution in [3.63, 3.8) is 0 Å². The highest BCUT2D eigenvalue weighted by Crippen LogP contribution is 2.61. The van der Waals surface area contributed by atoms with E-state index in [1.807, 2.05) is 12.1 Å². The molecule has 1 aliphatic heterocycles. The minimum atomic E-state index is -0.751. The highest BCUT2D eigenvalue weighted by atomic mass is 16.5. The van der Waals surface area contributed by atoms with Crippen molar-refractivity contribution in [1.29, 1.82) is 0 Å². The zero-order chi connectivity index (χ0) is 27.4. The maximum atomic E-state index is 7.43. The van der Waals surface area contributed by atoms with Crippen molar-refractivity contribution in [2.75, 3.05) is 5.73 Å². The normalized spacial score (nSPS) is 20.5. The van der Waals surface area contributed by atoms with Gasteiger partial charge in [0.15, 0.2) is 5.60 Å². The lowest BCUT2D eigenvalue weighted by Gasteiger charge is -2.40. The van der Waals surface area contributed by atoms with Gasteiger partial charge in [0, 0.05) is 33.2 Å². The van der Waals surface area contributed by atoms with Crippen LogP contribution < -0.4 is 10.5 Å². The lowest BCUT2D eigenvalue weighted by atomic mass is 9.67. The summed E-state index contributed by atoms with van der Waals surface area (Å²) < 4.78 is 7.43. The molecular weight excluding hydrogens is 498 g/mol. The first kappa shape index (κ1) is 24.5. The molecule has 1 unspecified atom stereocenters. The number of rotatable bonds is 2. The van der Waals surface area contributed by atoms with E-state index >= 15 is 0 Å². The van der Waals surface area contributed by atoms with Gasteiger partial charge in [0.05, 0.1) is 0 Å². The van der Waals surface area contributed by atoms with Gasteiger partial charge in [0.25, 0.3) is 0 Å². The number of nitrogens with two attached hydrogens (primary N) is 1. The second-order valence-electron chi connectivity index (χ2n) is 12.1. The number of nitrogen functional groups attached to an aromatic ring is 1. The maximum absolute atomic E-state index is 7.43. The van der Waals surface area contributed by atoms with Crippen molar-refractivity contribution < 1.29 is 4.74 Å². The Balaban J connectivity index is 1.45. The molecule has 2 nitrogen and oxygen atoms in total. The second kappa shape index (κ2) is 9.38. The molecule has 1 fully saturated rings. The van der Waals surface area contributed by atoms with E-state index < -0.39 is 5.60 Å². The SMILES string of the molecule is Nc1ccc(C2(c3ccccc3)C=Cc3c4c(c5ccccc5c3O2)-c2ccccc2C42CCCCCCC2)cc1. The van der Waals surface area contributed by atoms with Gasteiger partial charge in [-0.3, -0.25) is 0 Å². The standard InChI is InChI=1S/C39H35NO/c40-29-21-19-28(20-22-29)39(27-13-5-4-6-14-27)26-23-33-36-35(30-15-7-8-16-31(30)37(33)41-39)32-17-9-10-18-34(32)38(36)24-11-2-1-3-12-25-38/h4-10,13-23,26H,1-3,11-12,24-25,40H2. The summed E-state index contributed by atoms with van der Waals surface area (Å²) in [6.45, 7) is 0. The Kier molecular flexibility index (Phi) is 5.60. The monoisotopic (exact) mass is 533 g/mol. The van der Waals surface area contributed by atoms with Gasteiger partial charge in [0.2, 0.25) is 0 Å². The Morgan fingerprint density at radius 3 is 2.02 bits per heavy atom. The van der Waals surface area contributed by atoms with Gasteiger partial charge in [-0.1, -0.05) is 129 Å². The van der Waals surface area contributed by atoms with E-state index in [1.165, 1.54) is 83.5 Å². The number of benzene rings is 5. The molecule has 5 aromatic carbocycles. The Morgan fingerprint density at radius 2 is 1.24 bits per heavy atom. The third kappa shape index (κ3) is 3.56. The molecule has 2 heteroatoms. The molecule has 1 heterocycles. The molecule has 0 amide bonds. The van der Waals surface area contributed by atoms with Crippen LogP contribution in [0.15, 0.2) is 109 Å². The largest absolute Gasteiger partial charge is 0.472 e. The van der Waals surface area contributed by atoms with Crippen LogP contribution in [0.4, 0.5) is 5.69 Å². The molecule has 0 bridgehead atoms. The number of fused-ring (bicyclic) bond motifs is 10. The molecule has 1 spiro atoms. The first-order valence-corrected chi connectivity index (χ1v) is 15.2. The van der Waals surface area contributed by atoms with Crippen molar-refractivity contribution in [3.8, 4) is 16.9 Å². The number of anilines is 1. The predicted octanol–water partition coefficient (Wildman–Crippen LogP) is 9.78. The topological polar surface area (TPSA) is 35.2 Å². The fourth-order valence-electron chi connectivity index (χ4n) is 8.04. The average molecular weight is 534 g/mol. The molecule has 0 radical (unpaired) electrons. The van der Waals surface area contributed by atoms with E-state index in [4.69, 9.17) is 10.5 Å². The molecule has 1 saturated carbocycles. The van der Waals surface area contributed by atoms with Crippen LogP contribution in [0.3, 0.4) is 0 Å². The average Bonchev–Trinajstić information content (AvgIpc) is 3.30. The molecule has 41 heavy (non-hydrogen) atoms. The van der Waals surface area contributed by atoms with Crippen LogP contribution in [0.1, 0.15) is 72.8 Å². The van der Waals surface area contributed by atoms with Crippen LogP contribution in [0.5, 0.6) is 5.75 Å². The van der Waals surface area contributed by atoms with E-state index in [9.17, 15) is 0 Å². The lowest BCUT2D eigenvalue weighted by Crippen LogP contribution is -2.35. The fraction of sp³-hybridized carbons (Fsp3) is 0.231. The van der Waals surface area contributed by atoms with Crippen molar-refractivity contribution in [2.24, 2.45) is 0 Å². The van der Waals surface area contributed by atoms with Crippen LogP contribution in [0, 0.1) is 0 Å². The lowest BCUT2D eigenvalue weighted by molar-refractivity contribution is 0.163. The number of hydrogen-bond acceptors (Lipinski definition) is 2. The molecular formula is C39H35NO. The van der Waals surface area contributed by atoms with Crippen molar-refractivity contribution in [1.82, 2.24) is 0 Å². The quantitative estimate of drug-likeness (QED) is 0.229. The molecule has 8 rings (SSSR count). The first-order valence-electron chi connectivity index (χ1n) is 15.2. The van der Waals surface area contributed by atoms with Gasteiger partial charge >= 0.3 is 0 Å². The maximum Gasteiger partial charge on any atom is 0.178 e. The minimum Gasteiger partial charge on any atom is -0.472 e. The van der Waals surface area contributed by atoms with Crippen LogP contribution >= 0.6 is 0 Å². The van der Waals surface area contributed by atoms with Crippen LogP contribution in [0.2, 0.25) is 0 Å². The fourth-order valence-corrected chi connectivity index (χ4v) is 8.04. The molecule has 0 saturated heterocycles. The van der Waals surface area contributed by atoms with Gasteiger partial charge in [-0.25, -0.2) is 0 Å². The summed E-state index contributed by atoms with van der Waals surface area (Å²) in [5, 5.41) is 2.47. The minimum absolute atomic E-state index is 0.0160. The van der Waals surface area contributed by atoms with Gasteiger partial charge < -0.3 is 10.5 Å². The first-order chi connectivity index (χ1) is 20.2. The summed E-state index contributed by atoms with van der Waals surface area (Å²) in [5.74, 6) is 0.997. The van der Waals surface area contributed by atoms with Crippen LogP contribution in [-0.4, -0.2) is 0 Å². The molecule has 1 atom stereocenters. The second-order valence-corrected chi connectivity index (χ2v) is 12.1. The van der Waals surface area contributed by atoms with Gasteiger partial charge in [0.1, 0.15) is 5.75 Å². The smallest absolute Gasteiger partial charge is 0.178 e. The van der Waals surface area contributed by atoms with Crippen molar-refractivity contribution in [2.45, 2.75) is 56.0 Å². The highest BCUT2D eigenvalue weighted by Gasteiger charge is 2.47. The Bertz CT molecular complexity index is 1790.